The summed E-state index contributed by atoms with van der Waals surface area (Å²) in [6.45, 7) is 1.89. The first kappa shape index (κ1) is 10.2. The number of hydrogen-bond acceptors (Lipinski definition) is 2. The maximum atomic E-state index is 13.4. The predicted octanol–water partition coefficient (Wildman–Crippen LogP) is 3.53. The molecule has 1 heterocycles. The molecule has 15 heavy (non-hydrogen) atoms. The highest BCUT2D eigenvalue weighted by Crippen LogP contribution is 2.24. The van der Waals surface area contributed by atoms with Crippen LogP contribution in [0.4, 0.5) is 4.39 Å². The molecule has 2 aromatic rings. The maximum Gasteiger partial charge on any atom is 0.209 e. The highest BCUT2D eigenvalue weighted by molar-refractivity contribution is 6.16. The number of nitrogens with zero attached hydrogens (tertiary/aromatic N) is 1. The Morgan fingerprint density at radius 3 is 2.93 bits per heavy atom. The van der Waals surface area contributed by atoms with Crippen molar-refractivity contribution in [3.63, 3.8) is 0 Å². The molecule has 1 aromatic heterocycles. The molecule has 2 nitrogen and oxygen atoms in total. The molecule has 0 aliphatic rings. The van der Waals surface area contributed by atoms with Gasteiger partial charge in [0.25, 0.3) is 0 Å². The number of alkyl halides is 1. The monoisotopic (exact) mass is 225 g/mol. The van der Waals surface area contributed by atoms with Gasteiger partial charge in [0.15, 0.2) is 5.76 Å². The molecule has 0 N–H and O–H groups in total. The summed E-state index contributed by atoms with van der Waals surface area (Å²) in [7, 11) is 0. The van der Waals surface area contributed by atoms with Crippen LogP contribution in [0.5, 0.6) is 0 Å². The van der Waals surface area contributed by atoms with Crippen LogP contribution in [0, 0.1) is 12.7 Å². The van der Waals surface area contributed by atoms with Crippen molar-refractivity contribution in [2.75, 3.05) is 0 Å². The topological polar surface area (TPSA) is 26.0 Å². The number of oxazole rings is 1. The van der Waals surface area contributed by atoms with Crippen LogP contribution in [0.3, 0.4) is 0 Å². The van der Waals surface area contributed by atoms with Crippen LogP contribution in [0.15, 0.2) is 28.8 Å². The van der Waals surface area contributed by atoms with E-state index in [0.29, 0.717) is 17.2 Å². The standard InChI is InChI=1S/C11H9ClFNO/c1-7-2-3-9(13)8(4-7)10-6-14-11(5-12)15-10/h2-4,6H,5H2,1H3. The quantitative estimate of drug-likeness (QED) is 0.731. The Kier molecular flexibility index (Phi) is 2.73. The van der Waals surface area contributed by atoms with Crippen molar-refractivity contribution in [1.82, 2.24) is 4.98 Å². The summed E-state index contributed by atoms with van der Waals surface area (Å²) < 4.78 is 18.7. The van der Waals surface area contributed by atoms with Crippen LogP contribution in [-0.2, 0) is 5.88 Å². The molecule has 0 amide bonds. The molecule has 0 atom stereocenters. The van der Waals surface area contributed by atoms with Gasteiger partial charge < -0.3 is 4.42 Å². The van der Waals surface area contributed by atoms with Gasteiger partial charge in [-0.3, -0.25) is 0 Å². The minimum atomic E-state index is -0.321. The molecule has 0 saturated carbocycles. The first-order valence-corrected chi connectivity index (χ1v) is 5.01. The Bertz CT molecular complexity index is 481. The fourth-order valence-corrected chi connectivity index (χ4v) is 1.45. The first-order valence-electron chi connectivity index (χ1n) is 4.48. The van der Waals surface area contributed by atoms with Gasteiger partial charge in [0.1, 0.15) is 5.82 Å². The lowest BCUT2D eigenvalue weighted by Gasteiger charge is -1.99. The predicted molar refractivity (Wildman–Crippen MR) is 56.2 cm³/mol. The van der Waals surface area contributed by atoms with Gasteiger partial charge in [0.2, 0.25) is 5.89 Å². The molecule has 0 radical (unpaired) electrons. The van der Waals surface area contributed by atoms with Crippen molar-refractivity contribution >= 4 is 11.6 Å². The van der Waals surface area contributed by atoms with Crippen LogP contribution in [0.1, 0.15) is 11.5 Å². The smallest absolute Gasteiger partial charge is 0.209 e. The molecular weight excluding hydrogens is 217 g/mol. The summed E-state index contributed by atoms with van der Waals surface area (Å²) in [5.41, 5.74) is 1.38. The van der Waals surface area contributed by atoms with Gasteiger partial charge in [-0.25, -0.2) is 9.37 Å². The Hall–Kier alpha value is -1.35. The molecule has 0 aliphatic carbocycles. The second-order valence-electron chi connectivity index (χ2n) is 3.24. The van der Waals surface area contributed by atoms with Gasteiger partial charge in [-0.15, -0.1) is 11.6 Å². The van der Waals surface area contributed by atoms with Crippen molar-refractivity contribution < 1.29 is 8.81 Å². The van der Waals surface area contributed by atoms with E-state index in [1.54, 1.807) is 12.1 Å². The van der Waals surface area contributed by atoms with Crippen LogP contribution in [0.25, 0.3) is 11.3 Å². The number of rotatable bonds is 2. The Balaban J connectivity index is 2.48. The molecule has 0 saturated heterocycles. The van der Waals surface area contributed by atoms with E-state index < -0.39 is 0 Å². The Labute approximate surface area is 91.7 Å². The van der Waals surface area contributed by atoms with E-state index >= 15 is 0 Å². The summed E-state index contributed by atoms with van der Waals surface area (Å²) in [5, 5.41) is 0. The third-order valence-electron chi connectivity index (χ3n) is 2.06. The average Bonchev–Trinajstić information content (AvgIpc) is 2.70. The zero-order valence-electron chi connectivity index (χ0n) is 8.13. The highest BCUT2D eigenvalue weighted by Gasteiger charge is 2.10. The Morgan fingerprint density at radius 2 is 2.27 bits per heavy atom. The van der Waals surface area contributed by atoms with Crippen molar-refractivity contribution in [3.8, 4) is 11.3 Å². The zero-order valence-corrected chi connectivity index (χ0v) is 8.88. The van der Waals surface area contributed by atoms with Crippen molar-refractivity contribution in [1.29, 1.82) is 0 Å². The molecule has 0 unspecified atom stereocenters. The van der Waals surface area contributed by atoms with Gasteiger partial charge in [-0.2, -0.15) is 0 Å². The summed E-state index contributed by atoms with van der Waals surface area (Å²) >= 11 is 5.55. The lowest BCUT2D eigenvalue weighted by atomic mass is 10.1. The summed E-state index contributed by atoms with van der Waals surface area (Å²) in [6.07, 6.45) is 1.48. The van der Waals surface area contributed by atoms with E-state index in [1.807, 2.05) is 6.92 Å². The second kappa shape index (κ2) is 4.03. The number of aryl methyl sites for hydroxylation is 1. The lowest BCUT2D eigenvalue weighted by molar-refractivity contribution is 0.523. The summed E-state index contributed by atoms with van der Waals surface area (Å²) in [4.78, 5) is 3.92. The van der Waals surface area contributed by atoms with Gasteiger partial charge in [-0.05, 0) is 19.1 Å². The maximum absolute atomic E-state index is 13.4. The number of benzene rings is 1. The largest absolute Gasteiger partial charge is 0.439 e. The zero-order chi connectivity index (χ0) is 10.8. The average molecular weight is 226 g/mol. The SMILES string of the molecule is Cc1ccc(F)c(-c2cnc(CCl)o2)c1. The van der Waals surface area contributed by atoms with Crippen molar-refractivity contribution in [2.45, 2.75) is 12.8 Å². The minimum Gasteiger partial charge on any atom is -0.439 e. The fourth-order valence-electron chi connectivity index (χ4n) is 1.32. The summed E-state index contributed by atoms with van der Waals surface area (Å²) in [6, 6.07) is 4.83. The Morgan fingerprint density at radius 1 is 1.47 bits per heavy atom. The second-order valence-corrected chi connectivity index (χ2v) is 3.50. The highest BCUT2D eigenvalue weighted by atomic mass is 35.5. The first-order chi connectivity index (χ1) is 7.20. The number of hydrogen-bond donors (Lipinski definition) is 0. The van der Waals surface area contributed by atoms with Crippen LogP contribution >= 0.6 is 11.6 Å². The van der Waals surface area contributed by atoms with E-state index in [2.05, 4.69) is 4.98 Å². The van der Waals surface area contributed by atoms with Crippen molar-refractivity contribution in [3.05, 3.63) is 41.7 Å². The minimum absolute atomic E-state index is 0.188. The molecular formula is C11H9ClFNO. The number of halogens is 2. The molecule has 78 valence electrons. The molecule has 0 bridgehead atoms. The van der Waals surface area contributed by atoms with Gasteiger partial charge in [0.05, 0.1) is 17.6 Å². The third-order valence-corrected chi connectivity index (χ3v) is 2.28. The van der Waals surface area contributed by atoms with Gasteiger partial charge in [-0.1, -0.05) is 11.6 Å². The summed E-state index contributed by atoms with van der Waals surface area (Å²) in [5.74, 6) is 0.672. The molecule has 2 rings (SSSR count). The molecule has 4 heteroatoms. The van der Waals surface area contributed by atoms with Crippen molar-refractivity contribution in [2.24, 2.45) is 0 Å². The van der Waals surface area contributed by atoms with Gasteiger partial charge in [0, 0.05) is 0 Å². The fraction of sp³-hybridized carbons (Fsp3) is 0.182. The van der Waals surface area contributed by atoms with E-state index in [4.69, 9.17) is 16.0 Å². The van der Waals surface area contributed by atoms with Crippen LogP contribution in [-0.4, -0.2) is 4.98 Å². The van der Waals surface area contributed by atoms with E-state index in [9.17, 15) is 4.39 Å². The van der Waals surface area contributed by atoms with E-state index in [0.717, 1.165) is 5.56 Å². The third kappa shape index (κ3) is 2.02. The molecule has 0 fully saturated rings. The van der Waals surface area contributed by atoms with E-state index in [-0.39, 0.29) is 11.7 Å². The molecule has 0 aliphatic heterocycles. The molecule has 1 aromatic carbocycles. The molecule has 0 spiro atoms. The number of aromatic nitrogens is 1. The van der Waals surface area contributed by atoms with Crippen LogP contribution < -0.4 is 0 Å². The van der Waals surface area contributed by atoms with Gasteiger partial charge >= 0.3 is 0 Å². The van der Waals surface area contributed by atoms with E-state index in [1.165, 1.54) is 12.3 Å². The van der Waals surface area contributed by atoms with Crippen LogP contribution in [0.2, 0.25) is 0 Å². The lowest BCUT2D eigenvalue weighted by Crippen LogP contribution is -1.83. The normalized spacial score (nSPS) is 10.6.